The highest BCUT2D eigenvalue weighted by Crippen LogP contribution is 2.12. The number of benzene rings is 2. The molecule has 3 aromatic rings. The van der Waals surface area contributed by atoms with Gasteiger partial charge in [-0.25, -0.2) is 4.98 Å². The Hall–Kier alpha value is -3.15. The number of fused-ring (bicyclic) bond motifs is 1. The predicted octanol–water partition coefficient (Wildman–Crippen LogP) is 2.43. The lowest BCUT2D eigenvalue weighted by Crippen LogP contribution is -2.34. The number of nitrogens with zero attached hydrogens (tertiary/aromatic N) is 3. The largest absolute Gasteiger partial charge is 0.372 e. The minimum absolute atomic E-state index is 0.0210. The molecule has 6 heteroatoms. The molecule has 0 aliphatic carbocycles. The average Bonchev–Trinajstić information content (AvgIpc) is 2.71. The summed E-state index contributed by atoms with van der Waals surface area (Å²) in [5.41, 5.74) is 1.62. The van der Waals surface area contributed by atoms with E-state index in [4.69, 9.17) is 0 Å². The van der Waals surface area contributed by atoms with Crippen LogP contribution < -0.4 is 15.8 Å². The van der Waals surface area contributed by atoms with Crippen LogP contribution >= 0.6 is 0 Å². The van der Waals surface area contributed by atoms with Crippen LogP contribution in [0.2, 0.25) is 0 Å². The van der Waals surface area contributed by atoms with Crippen molar-refractivity contribution in [2.24, 2.45) is 0 Å². The van der Waals surface area contributed by atoms with Crippen LogP contribution in [0.1, 0.15) is 13.3 Å². The summed E-state index contributed by atoms with van der Waals surface area (Å²) in [4.78, 5) is 31.1. The number of hydrogen-bond donors (Lipinski definition) is 1. The van der Waals surface area contributed by atoms with Crippen LogP contribution in [0.5, 0.6) is 0 Å². The fourth-order valence-electron chi connectivity index (χ4n) is 3.04. The van der Waals surface area contributed by atoms with E-state index in [0.29, 0.717) is 17.4 Å². The van der Waals surface area contributed by atoms with Crippen LogP contribution in [-0.4, -0.2) is 35.1 Å². The van der Waals surface area contributed by atoms with Crippen LogP contribution in [0.3, 0.4) is 0 Å². The zero-order valence-electron chi connectivity index (χ0n) is 15.5. The first-order chi connectivity index (χ1) is 13.2. The number of aromatic nitrogens is 2. The van der Waals surface area contributed by atoms with E-state index >= 15 is 0 Å². The number of hydrogen-bond acceptors (Lipinski definition) is 4. The van der Waals surface area contributed by atoms with Gasteiger partial charge in [0.2, 0.25) is 5.91 Å². The van der Waals surface area contributed by atoms with Crippen molar-refractivity contribution in [3.63, 3.8) is 0 Å². The number of carbonyl (C=O) groups is 1. The van der Waals surface area contributed by atoms with Gasteiger partial charge in [-0.15, -0.1) is 0 Å². The zero-order chi connectivity index (χ0) is 19.1. The van der Waals surface area contributed by atoms with Gasteiger partial charge in [-0.2, -0.15) is 0 Å². The molecule has 0 spiro atoms. The molecule has 1 amide bonds. The van der Waals surface area contributed by atoms with Gasteiger partial charge >= 0.3 is 0 Å². The van der Waals surface area contributed by atoms with Crippen LogP contribution in [-0.2, 0) is 11.3 Å². The summed E-state index contributed by atoms with van der Waals surface area (Å²) in [5.74, 6) is -0.183. The lowest BCUT2D eigenvalue weighted by Gasteiger charge is -2.23. The van der Waals surface area contributed by atoms with Gasteiger partial charge in [0.25, 0.3) is 5.56 Å². The van der Waals surface area contributed by atoms with E-state index in [1.54, 1.807) is 18.2 Å². The Morgan fingerprint density at radius 1 is 1.11 bits per heavy atom. The highest BCUT2D eigenvalue weighted by molar-refractivity contribution is 5.78. The van der Waals surface area contributed by atoms with E-state index < -0.39 is 0 Å². The third kappa shape index (κ3) is 4.73. The third-order valence-electron chi connectivity index (χ3n) is 4.48. The van der Waals surface area contributed by atoms with Crippen LogP contribution in [0.4, 0.5) is 5.69 Å². The molecule has 0 saturated heterocycles. The number of carbonyl (C=O) groups excluding carboxylic acids is 1. The van der Waals surface area contributed by atoms with Gasteiger partial charge in [-0.3, -0.25) is 14.2 Å². The van der Waals surface area contributed by atoms with Crippen molar-refractivity contribution in [1.82, 2.24) is 14.9 Å². The van der Waals surface area contributed by atoms with Crippen LogP contribution in [0, 0.1) is 0 Å². The molecule has 27 heavy (non-hydrogen) atoms. The quantitative estimate of drug-likeness (QED) is 0.624. The maximum Gasteiger partial charge on any atom is 0.261 e. The number of amides is 1. The predicted molar refractivity (Wildman–Crippen MR) is 108 cm³/mol. The number of anilines is 1. The first-order valence-corrected chi connectivity index (χ1v) is 9.20. The summed E-state index contributed by atoms with van der Waals surface area (Å²) in [6, 6.07) is 17.4. The average molecular weight is 364 g/mol. The van der Waals surface area contributed by atoms with Gasteiger partial charge in [0.15, 0.2) is 0 Å². The van der Waals surface area contributed by atoms with Crippen molar-refractivity contribution in [2.75, 3.05) is 24.5 Å². The second-order valence-electron chi connectivity index (χ2n) is 6.31. The number of nitrogens with one attached hydrogen (secondary N) is 1. The molecule has 0 fully saturated rings. The Morgan fingerprint density at radius 2 is 1.85 bits per heavy atom. The lowest BCUT2D eigenvalue weighted by atomic mass is 10.2. The van der Waals surface area contributed by atoms with E-state index in [2.05, 4.69) is 34.3 Å². The molecular formula is C21H24N4O2. The lowest BCUT2D eigenvalue weighted by molar-refractivity contribution is -0.121. The highest BCUT2D eigenvalue weighted by Gasteiger charge is 2.08. The van der Waals surface area contributed by atoms with Crippen molar-refractivity contribution in [3.05, 3.63) is 71.3 Å². The van der Waals surface area contributed by atoms with E-state index in [1.165, 1.54) is 16.6 Å². The molecule has 0 aliphatic heterocycles. The Bertz CT molecular complexity index is 953. The molecule has 1 heterocycles. The monoisotopic (exact) mass is 364 g/mol. The first kappa shape index (κ1) is 18.6. The van der Waals surface area contributed by atoms with E-state index in [1.807, 2.05) is 24.3 Å². The van der Waals surface area contributed by atoms with Gasteiger partial charge in [-0.1, -0.05) is 30.3 Å². The minimum atomic E-state index is -0.197. The second-order valence-corrected chi connectivity index (χ2v) is 6.31. The maximum absolute atomic E-state index is 12.4. The van der Waals surface area contributed by atoms with Crippen molar-refractivity contribution < 1.29 is 4.79 Å². The smallest absolute Gasteiger partial charge is 0.261 e. The molecule has 0 aliphatic rings. The molecule has 3 rings (SSSR count). The molecule has 1 aromatic heterocycles. The summed E-state index contributed by atoms with van der Waals surface area (Å²) in [6.07, 6.45) is 2.26. The maximum atomic E-state index is 12.4. The van der Waals surface area contributed by atoms with Crippen LogP contribution in [0.15, 0.2) is 65.7 Å². The zero-order valence-corrected chi connectivity index (χ0v) is 15.5. The molecular weight excluding hydrogens is 340 g/mol. The first-order valence-electron chi connectivity index (χ1n) is 9.20. The molecule has 0 radical (unpaired) electrons. The highest BCUT2D eigenvalue weighted by atomic mass is 16.2. The summed E-state index contributed by atoms with van der Waals surface area (Å²) < 4.78 is 1.35. The molecule has 140 valence electrons. The topological polar surface area (TPSA) is 67.2 Å². The Balaban J connectivity index is 1.50. The van der Waals surface area contributed by atoms with Gasteiger partial charge in [-0.05, 0) is 37.6 Å². The summed E-state index contributed by atoms with van der Waals surface area (Å²) in [6.45, 7) is 4.43. The number of rotatable bonds is 8. The van der Waals surface area contributed by atoms with E-state index in [9.17, 15) is 9.59 Å². The van der Waals surface area contributed by atoms with Gasteiger partial charge in [0.1, 0.15) is 6.54 Å². The Kier molecular flexibility index (Phi) is 6.20. The van der Waals surface area contributed by atoms with Crippen molar-refractivity contribution in [2.45, 2.75) is 19.9 Å². The Labute approximate surface area is 158 Å². The molecule has 2 aromatic carbocycles. The SMILES string of the molecule is CCN(CCCNC(=O)Cn1cnc2ccccc2c1=O)c1ccccc1. The molecule has 1 N–H and O–H groups in total. The van der Waals surface area contributed by atoms with E-state index in [-0.39, 0.29) is 18.0 Å². The number of para-hydroxylation sites is 2. The molecule has 0 bridgehead atoms. The van der Waals surface area contributed by atoms with Crippen molar-refractivity contribution in [3.8, 4) is 0 Å². The normalized spacial score (nSPS) is 10.7. The van der Waals surface area contributed by atoms with Gasteiger partial charge < -0.3 is 10.2 Å². The summed E-state index contributed by atoms with van der Waals surface area (Å²) in [5, 5.41) is 3.41. The summed E-state index contributed by atoms with van der Waals surface area (Å²) >= 11 is 0. The fraction of sp³-hybridized carbons (Fsp3) is 0.286. The Morgan fingerprint density at radius 3 is 2.63 bits per heavy atom. The third-order valence-corrected chi connectivity index (χ3v) is 4.48. The van der Waals surface area contributed by atoms with Gasteiger partial charge in [0.05, 0.1) is 17.2 Å². The molecule has 6 nitrogen and oxygen atoms in total. The van der Waals surface area contributed by atoms with Crippen molar-refractivity contribution in [1.29, 1.82) is 0 Å². The van der Waals surface area contributed by atoms with Gasteiger partial charge in [0, 0.05) is 25.3 Å². The molecule has 0 atom stereocenters. The molecule has 0 saturated carbocycles. The van der Waals surface area contributed by atoms with Crippen LogP contribution in [0.25, 0.3) is 10.9 Å². The minimum Gasteiger partial charge on any atom is -0.372 e. The molecule has 0 unspecified atom stereocenters. The second kappa shape index (κ2) is 8.98. The van der Waals surface area contributed by atoms with Crippen molar-refractivity contribution >= 4 is 22.5 Å². The standard InChI is InChI=1S/C21H24N4O2/c1-2-24(17-9-4-3-5-10-17)14-8-13-22-20(26)15-25-16-23-19-12-7-6-11-18(19)21(25)27/h3-7,9-12,16H,2,8,13-15H2,1H3,(H,22,26). The summed E-state index contributed by atoms with van der Waals surface area (Å²) in [7, 11) is 0. The van der Waals surface area contributed by atoms with E-state index in [0.717, 1.165) is 19.5 Å². The fourth-order valence-corrected chi connectivity index (χ4v) is 3.04.